The molecule has 1 heterocycles. The molecule has 0 aromatic heterocycles. The van der Waals surface area contributed by atoms with Gasteiger partial charge in [0, 0.05) is 58.7 Å². The van der Waals surface area contributed by atoms with Gasteiger partial charge in [0.15, 0.2) is 0 Å². The number of ether oxygens (including phenoxy) is 6. The Morgan fingerprint density at radius 2 is 1.64 bits per heavy atom. The highest BCUT2D eigenvalue weighted by Gasteiger charge is 2.27. The molecule has 2 unspecified atom stereocenters. The number of rotatable bonds is 18. The van der Waals surface area contributed by atoms with Crippen LogP contribution < -0.4 is 19.5 Å². The second-order valence-corrected chi connectivity index (χ2v) is 11.3. The van der Waals surface area contributed by atoms with Gasteiger partial charge in [-0.15, -0.1) is 0 Å². The quantitative estimate of drug-likeness (QED) is 0.188. The minimum Gasteiger partial charge on any atom is -0.496 e. The minimum atomic E-state index is -0.0920. The van der Waals surface area contributed by atoms with Crippen LogP contribution in [0, 0.1) is 0 Å². The highest BCUT2D eigenvalue weighted by molar-refractivity contribution is 5.96. The van der Waals surface area contributed by atoms with Gasteiger partial charge in [-0.3, -0.25) is 4.79 Å². The molecule has 1 aliphatic heterocycles. The number of carbonyl (C=O) groups excluding carboxylic acids is 1. The SMILES string of the molecule is COCCCOc1cc(COC2CNCCC2c2ccc(OCCCOCc3ccccc3OC)cc2)ccc1C(=O)N(C)C. The number of hydrogen-bond acceptors (Lipinski definition) is 8. The van der Waals surface area contributed by atoms with Crippen LogP contribution in [0.2, 0.25) is 0 Å². The summed E-state index contributed by atoms with van der Waals surface area (Å²) in [6.45, 7) is 4.92. The van der Waals surface area contributed by atoms with E-state index in [2.05, 4.69) is 17.4 Å². The summed E-state index contributed by atoms with van der Waals surface area (Å²) < 4.78 is 34.8. The van der Waals surface area contributed by atoms with Crippen LogP contribution in [0.5, 0.6) is 17.2 Å². The number of benzene rings is 3. The molecule has 3 aromatic carbocycles. The molecule has 1 fully saturated rings. The first-order chi connectivity index (χ1) is 22.0. The average molecular weight is 621 g/mol. The van der Waals surface area contributed by atoms with Crippen LogP contribution >= 0.6 is 0 Å². The zero-order chi connectivity index (χ0) is 31.9. The van der Waals surface area contributed by atoms with E-state index in [4.69, 9.17) is 28.4 Å². The first-order valence-corrected chi connectivity index (χ1v) is 15.7. The van der Waals surface area contributed by atoms with Gasteiger partial charge in [-0.25, -0.2) is 0 Å². The van der Waals surface area contributed by atoms with Gasteiger partial charge in [0.25, 0.3) is 5.91 Å². The molecule has 0 saturated carbocycles. The summed E-state index contributed by atoms with van der Waals surface area (Å²) in [7, 11) is 6.82. The van der Waals surface area contributed by atoms with Crippen molar-refractivity contribution in [1.82, 2.24) is 10.2 Å². The predicted molar refractivity (Wildman–Crippen MR) is 174 cm³/mol. The Hall–Kier alpha value is -3.63. The zero-order valence-electron chi connectivity index (χ0n) is 27.1. The van der Waals surface area contributed by atoms with Gasteiger partial charge in [-0.2, -0.15) is 0 Å². The Bertz CT molecular complexity index is 1320. The minimum absolute atomic E-state index is 0.0139. The fraction of sp³-hybridized carbons (Fsp3) is 0.472. The Morgan fingerprint density at radius 3 is 2.42 bits per heavy atom. The summed E-state index contributed by atoms with van der Waals surface area (Å²) in [5, 5.41) is 3.48. The lowest BCUT2D eigenvalue weighted by atomic mass is 9.87. The number of carbonyl (C=O) groups is 1. The molecule has 1 aliphatic rings. The molecular formula is C36H48N2O7. The van der Waals surface area contributed by atoms with Crippen molar-refractivity contribution in [3.8, 4) is 17.2 Å². The Morgan fingerprint density at radius 1 is 0.867 bits per heavy atom. The number of piperidine rings is 1. The standard InChI is InChI=1S/C36H48N2O7/c1-38(2)36(39)32-16-11-27(23-34(32)44-22-7-19-40-3)25-45-35-24-37-18-17-31(35)28-12-14-30(15-13-28)43-21-8-20-42-26-29-9-5-6-10-33(29)41-4/h5-6,9-16,23,31,35,37H,7-8,17-22,24-26H2,1-4H3. The van der Waals surface area contributed by atoms with Crippen molar-refractivity contribution in [3.63, 3.8) is 0 Å². The van der Waals surface area contributed by atoms with Gasteiger partial charge in [0.2, 0.25) is 0 Å². The molecule has 244 valence electrons. The fourth-order valence-electron chi connectivity index (χ4n) is 5.34. The van der Waals surface area contributed by atoms with Crippen LogP contribution in [-0.4, -0.2) is 84.7 Å². The highest BCUT2D eigenvalue weighted by atomic mass is 16.5. The van der Waals surface area contributed by atoms with E-state index in [1.165, 1.54) is 5.56 Å². The highest BCUT2D eigenvalue weighted by Crippen LogP contribution is 2.30. The summed E-state index contributed by atoms with van der Waals surface area (Å²) in [6.07, 6.45) is 2.54. The average Bonchev–Trinajstić information content (AvgIpc) is 3.07. The van der Waals surface area contributed by atoms with E-state index in [0.717, 1.165) is 55.0 Å². The lowest BCUT2D eigenvalue weighted by Gasteiger charge is -2.32. The zero-order valence-corrected chi connectivity index (χ0v) is 27.1. The van der Waals surface area contributed by atoms with E-state index in [1.54, 1.807) is 33.2 Å². The molecule has 9 nitrogen and oxygen atoms in total. The molecule has 0 spiro atoms. The first kappa shape index (κ1) is 34.2. The number of nitrogens with one attached hydrogen (secondary N) is 1. The van der Waals surface area contributed by atoms with E-state index >= 15 is 0 Å². The number of para-hydroxylation sites is 1. The summed E-state index contributed by atoms with van der Waals surface area (Å²) in [4.78, 5) is 14.3. The van der Waals surface area contributed by atoms with E-state index in [-0.39, 0.29) is 17.9 Å². The third kappa shape index (κ3) is 10.5. The number of nitrogens with zero attached hydrogens (tertiary/aromatic N) is 1. The van der Waals surface area contributed by atoms with Gasteiger partial charge in [-0.05, 0) is 54.4 Å². The molecule has 0 bridgehead atoms. The van der Waals surface area contributed by atoms with Crippen LogP contribution in [0.4, 0.5) is 0 Å². The molecule has 1 saturated heterocycles. The van der Waals surface area contributed by atoms with Gasteiger partial charge >= 0.3 is 0 Å². The largest absolute Gasteiger partial charge is 0.496 e. The predicted octanol–water partition coefficient (Wildman–Crippen LogP) is 5.46. The second kappa shape index (κ2) is 18.4. The Labute approximate surface area is 267 Å². The maximum atomic E-state index is 12.7. The van der Waals surface area contributed by atoms with Crippen LogP contribution in [0.1, 0.15) is 52.2 Å². The summed E-state index contributed by atoms with van der Waals surface area (Å²) in [5.74, 6) is 2.44. The first-order valence-electron chi connectivity index (χ1n) is 15.7. The summed E-state index contributed by atoms with van der Waals surface area (Å²) in [6, 6.07) is 22.0. The van der Waals surface area contributed by atoms with Crippen LogP contribution in [-0.2, 0) is 27.4 Å². The third-order valence-electron chi connectivity index (χ3n) is 7.78. The van der Waals surface area contributed by atoms with Gasteiger partial charge < -0.3 is 38.6 Å². The van der Waals surface area contributed by atoms with Crippen molar-refractivity contribution in [1.29, 1.82) is 0 Å². The molecule has 4 rings (SSSR count). The van der Waals surface area contributed by atoms with Crippen molar-refractivity contribution >= 4 is 5.91 Å². The van der Waals surface area contributed by atoms with Crippen LogP contribution in [0.3, 0.4) is 0 Å². The molecular weight excluding hydrogens is 572 g/mol. The van der Waals surface area contributed by atoms with Crippen molar-refractivity contribution in [2.75, 3.05) is 67.8 Å². The Balaban J connectivity index is 1.27. The van der Waals surface area contributed by atoms with Crippen molar-refractivity contribution in [2.24, 2.45) is 0 Å². The van der Waals surface area contributed by atoms with Crippen molar-refractivity contribution in [2.45, 2.75) is 44.5 Å². The summed E-state index contributed by atoms with van der Waals surface area (Å²) in [5.41, 5.74) is 3.79. The van der Waals surface area contributed by atoms with Gasteiger partial charge in [0.05, 0.1) is 51.8 Å². The van der Waals surface area contributed by atoms with Gasteiger partial charge in [-0.1, -0.05) is 36.4 Å². The monoisotopic (exact) mass is 620 g/mol. The molecule has 1 amide bonds. The topological polar surface area (TPSA) is 87.7 Å². The molecule has 45 heavy (non-hydrogen) atoms. The fourth-order valence-corrected chi connectivity index (χ4v) is 5.34. The number of methoxy groups -OCH3 is 2. The number of amides is 1. The molecule has 2 atom stereocenters. The third-order valence-corrected chi connectivity index (χ3v) is 7.78. The smallest absolute Gasteiger partial charge is 0.257 e. The molecule has 0 aliphatic carbocycles. The van der Waals surface area contributed by atoms with E-state index in [1.807, 2.05) is 54.6 Å². The molecule has 1 N–H and O–H groups in total. The normalized spacial score (nSPS) is 16.3. The molecule has 0 radical (unpaired) electrons. The van der Waals surface area contributed by atoms with Crippen molar-refractivity contribution < 1.29 is 33.2 Å². The molecule has 9 heteroatoms. The van der Waals surface area contributed by atoms with Crippen LogP contribution in [0.15, 0.2) is 66.7 Å². The summed E-state index contributed by atoms with van der Waals surface area (Å²) >= 11 is 0. The maximum absolute atomic E-state index is 12.7. The number of hydrogen-bond donors (Lipinski definition) is 1. The van der Waals surface area contributed by atoms with E-state index in [9.17, 15) is 4.79 Å². The lowest BCUT2D eigenvalue weighted by molar-refractivity contribution is 0.0105. The Kier molecular flexibility index (Phi) is 14.0. The van der Waals surface area contributed by atoms with Gasteiger partial charge in [0.1, 0.15) is 17.2 Å². The van der Waals surface area contributed by atoms with Crippen molar-refractivity contribution in [3.05, 3.63) is 89.0 Å². The second-order valence-electron chi connectivity index (χ2n) is 11.3. The lowest BCUT2D eigenvalue weighted by Crippen LogP contribution is -2.40. The molecule has 3 aromatic rings. The van der Waals surface area contributed by atoms with E-state index < -0.39 is 0 Å². The van der Waals surface area contributed by atoms with E-state index in [0.29, 0.717) is 51.0 Å². The maximum Gasteiger partial charge on any atom is 0.257 e. The van der Waals surface area contributed by atoms with Crippen LogP contribution in [0.25, 0.3) is 0 Å².